The van der Waals surface area contributed by atoms with Gasteiger partial charge in [-0.05, 0) is 25.7 Å². The molecule has 0 aromatic rings. The number of amides is 2. The highest BCUT2D eigenvalue weighted by atomic mass is 16.4. The fraction of sp³-hybridized carbons (Fsp3) is 0.733. The predicted octanol–water partition coefficient (Wildman–Crippen LogP) is 2.38. The van der Waals surface area contributed by atoms with Crippen LogP contribution < -0.4 is 5.32 Å². The fourth-order valence-electron chi connectivity index (χ4n) is 2.94. The molecule has 2 saturated carbocycles. The van der Waals surface area contributed by atoms with Gasteiger partial charge in [0.15, 0.2) is 0 Å². The van der Waals surface area contributed by atoms with Gasteiger partial charge >= 0.3 is 12.0 Å². The second-order valence-electron chi connectivity index (χ2n) is 5.81. The minimum atomic E-state index is -0.793. The monoisotopic (exact) mass is 280 g/mol. The van der Waals surface area contributed by atoms with Gasteiger partial charge in [-0.2, -0.15) is 0 Å². The van der Waals surface area contributed by atoms with Crippen molar-refractivity contribution in [1.82, 2.24) is 10.2 Å². The zero-order valence-corrected chi connectivity index (χ0v) is 11.9. The van der Waals surface area contributed by atoms with Crippen LogP contribution >= 0.6 is 0 Å². The normalized spacial score (nSPS) is 26.4. The summed E-state index contributed by atoms with van der Waals surface area (Å²) in [7, 11) is 0. The van der Waals surface area contributed by atoms with Crippen LogP contribution in [0.4, 0.5) is 4.79 Å². The number of carboxylic acid groups (broad SMARTS) is 1. The molecule has 0 spiro atoms. The molecule has 112 valence electrons. The number of urea groups is 1. The number of carbonyl (C=O) groups is 2. The Balaban J connectivity index is 1.98. The number of hydrogen-bond donors (Lipinski definition) is 2. The summed E-state index contributed by atoms with van der Waals surface area (Å²) < 4.78 is 0. The van der Waals surface area contributed by atoms with E-state index in [4.69, 9.17) is 0 Å². The van der Waals surface area contributed by atoms with Gasteiger partial charge in [-0.25, -0.2) is 4.79 Å². The maximum Gasteiger partial charge on any atom is 0.318 e. The minimum Gasteiger partial charge on any atom is -0.481 e. The van der Waals surface area contributed by atoms with Gasteiger partial charge in [0.05, 0.1) is 5.92 Å². The molecule has 0 saturated heterocycles. The molecule has 2 fully saturated rings. The van der Waals surface area contributed by atoms with Crippen LogP contribution in [0.25, 0.3) is 0 Å². The number of nitrogens with zero attached hydrogens (tertiary/aromatic N) is 1. The van der Waals surface area contributed by atoms with Crippen LogP contribution in [-0.2, 0) is 4.79 Å². The van der Waals surface area contributed by atoms with E-state index in [1.54, 1.807) is 11.0 Å². The van der Waals surface area contributed by atoms with Crippen LogP contribution in [0.15, 0.2) is 12.7 Å². The van der Waals surface area contributed by atoms with E-state index in [0.717, 1.165) is 38.5 Å². The topological polar surface area (TPSA) is 69.6 Å². The Kier molecular flexibility index (Phi) is 5.04. The molecule has 0 aromatic carbocycles. The van der Waals surface area contributed by atoms with E-state index in [0.29, 0.717) is 19.0 Å². The molecule has 0 heterocycles. The van der Waals surface area contributed by atoms with E-state index in [9.17, 15) is 14.7 Å². The lowest BCUT2D eigenvalue weighted by molar-refractivity contribution is -0.142. The minimum absolute atomic E-state index is 0.134. The van der Waals surface area contributed by atoms with Crippen LogP contribution in [-0.4, -0.2) is 40.6 Å². The average molecular weight is 280 g/mol. The highest BCUT2D eigenvalue weighted by Crippen LogP contribution is 2.28. The zero-order valence-electron chi connectivity index (χ0n) is 11.9. The highest BCUT2D eigenvalue weighted by Gasteiger charge is 2.35. The summed E-state index contributed by atoms with van der Waals surface area (Å²) in [5.41, 5.74) is 0. The number of hydrogen-bond acceptors (Lipinski definition) is 2. The summed E-state index contributed by atoms with van der Waals surface area (Å²) in [6.45, 7) is 4.21. The number of nitrogens with one attached hydrogen (secondary N) is 1. The standard InChI is InChI=1S/C15H24N2O3/c1-2-10-17(11-8-9-11)15(20)16-13-7-5-3-4-6-12(13)14(18)19/h2,11-13H,1,3-10H2,(H,16,20)(H,18,19). The molecule has 2 aliphatic carbocycles. The molecular formula is C15H24N2O3. The third-order valence-electron chi connectivity index (χ3n) is 4.22. The van der Waals surface area contributed by atoms with Gasteiger partial charge in [-0.1, -0.05) is 25.3 Å². The molecule has 0 radical (unpaired) electrons. The van der Waals surface area contributed by atoms with E-state index in [2.05, 4.69) is 11.9 Å². The van der Waals surface area contributed by atoms with Crippen LogP contribution in [0.3, 0.4) is 0 Å². The van der Waals surface area contributed by atoms with Crippen molar-refractivity contribution < 1.29 is 14.7 Å². The van der Waals surface area contributed by atoms with E-state index in [-0.39, 0.29) is 12.1 Å². The summed E-state index contributed by atoms with van der Waals surface area (Å²) in [6, 6.07) is -0.0684. The highest BCUT2D eigenvalue weighted by molar-refractivity contribution is 5.77. The Bertz CT molecular complexity index is 379. The van der Waals surface area contributed by atoms with Gasteiger partial charge < -0.3 is 15.3 Å². The summed E-state index contributed by atoms with van der Waals surface area (Å²) in [4.78, 5) is 25.5. The molecule has 0 aliphatic heterocycles. The number of carbonyl (C=O) groups excluding carboxylic acids is 1. The summed E-state index contributed by atoms with van der Waals surface area (Å²) in [5.74, 6) is -1.25. The lowest BCUT2D eigenvalue weighted by Gasteiger charge is -2.28. The first-order valence-electron chi connectivity index (χ1n) is 7.54. The summed E-state index contributed by atoms with van der Waals surface area (Å²) in [6.07, 6.45) is 8.18. The first-order chi connectivity index (χ1) is 9.63. The van der Waals surface area contributed by atoms with Crippen LogP contribution in [0, 0.1) is 5.92 Å². The maximum atomic E-state index is 12.3. The zero-order chi connectivity index (χ0) is 14.5. The van der Waals surface area contributed by atoms with Gasteiger partial charge in [0, 0.05) is 18.6 Å². The Hall–Kier alpha value is -1.52. The maximum absolute atomic E-state index is 12.3. The smallest absolute Gasteiger partial charge is 0.318 e. The SMILES string of the molecule is C=CCN(C(=O)NC1CCCCCC1C(=O)O)C1CC1. The van der Waals surface area contributed by atoms with Crippen molar-refractivity contribution in [1.29, 1.82) is 0 Å². The number of rotatable bonds is 5. The molecule has 2 aliphatic rings. The van der Waals surface area contributed by atoms with Crippen molar-refractivity contribution in [2.75, 3.05) is 6.54 Å². The molecular weight excluding hydrogens is 256 g/mol. The largest absolute Gasteiger partial charge is 0.481 e. The average Bonchev–Trinajstić information content (AvgIpc) is 3.22. The van der Waals surface area contributed by atoms with Crippen LogP contribution in [0.5, 0.6) is 0 Å². The fourth-order valence-corrected chi connectivity index (χ4v) is 2.94. The van der Waals surface area contributed by atoms with Gasteiger partial charge in [0.1, 0.15) is 0 Å². The van der Waals surface area contributed by atoms with Crippen molar-refractivity contribution in [3.05, 3.63) is 12.7 Å². The van der Waals surface area contributed by atoms with E-state index >= 15 is 0 Å². The van der Waals surface area contributed by atoms with Crippen molar-refractivity contribution in [3.63, 3.8) is 0 Å². The summed E-state index contributed by atoms with van der Waals surface area (Å²) in [5, 5.41) is 12.3. The van der Waals surface area contributed by atoms with Gasteiger partial charge in [0.2, 0.25) is 0 Å². The molecule has 2 unspecified atom stereocenters. The van der Waals surface area contributed by atoms with Crippen molar-refractivity contribution >= 4 is 12.0 Å². The molecule has 2 rings (SSSR count). The third-order valence-corrected chi connectivity index (χ3v) is 4.22. The Morgan fingerprint density at radius 3 is 2.50 bits per heavy atom. The Morgan fingerprint density at radius 2 is 1.90 bits per heavy atom. The van der Waals surface area contributed by atoms with Gasteiger partial charge in [0.25, 0.3) is 0 Å². The first-order valence-corrected chi connectivity index (χ1v) is 7.54. The molecule has 5 nitrogen and oxygen atoms in total. The lowest BCUT2D eigenvalue weighted by Crippen LogP contribution is -2.49. The molecule has 0 bridgehead atoms. The Labute approximate surface area is 120 Å². The van der Waals surface area contributed by atoms with Gasteiger partial charge in [-0.15, -0.1) is 6.58 Å². The van der Waals surface area contributed by atoms with E-state index in [1.807, 2.05) is 0 Å². The quantitative estimate of drug-likeness (QED) is 0.600. The van der Waals surface area contributed by atoms with Gasteiger partial charge in [-0.3, -0.25) is 4.79 Å². The van der Waals surface area contributed by atoms with E-state index in [1.165, 1.54) is 0 Å². The molecule has 0 aromatic heterocycles. The first kappa shape index (κ1) is 14.9. The van der Waals surface area contributed by atoms with Crippen LogP contribution in [0.2, 0.25) is 0 Å². The number of aliphatic carboxylic acids is 1. The lowest BCUT2D eigenvalue weighted by atomic mass is 9.95. The molecule has 2 atom stereocenters. The predicted molar refractivity (Wildman–Crippen MR) is 76.5 cm³/mol. The second-order valence-corrected chi connectivity index (χ2v) is 5.81. The Morgan fingerprint density at radius 1 is 1.20 bits per heavy atom. The third kappa shape index (κ3) is 3.74. The molecule has 20 heavy (non-hydrogen) atoms. The van der Waals surface area contributed by atoms with E-state index < -0.39 is 11.9 Å². The van der Waals surface area contributed by atoms with Crippen molar-refractivity contribution in [3.8, 4) is 0 Å². The molecule has 2 N–H and O–H groups in total. The van der Waals surface area contributed by atoms with Crippen LogP contribution in [0.1, 0.15) is 44.9 Å². The molecule has 5 heteroatoms. The molecule has 2 amide bonds. The second kappa shape index (κ2) is 6.77. The van der Waals surface area contributed by atoms with Crippen molar-refractivity contribution in [2.45, 2.75) is 57.0 Å². The van der Waals surface area contributed by atoms with Crippen molar-refractivity contribution in [2.24, 2.45) is 5.92 Å². The summed E-state index contributed by atoms with van der Waals surface area (Å²) >= 11 is 0. The number of carboxylic acids is 1.